The van der Waals surface area contributed by atoms with Crippen molar-refractivity contribution in [1.29, 1.82) is 5.26 Å². The van der Waals surface area contributed by atoms with Crippen molar-refractivity contribution in [1.82, 2.24) is 4.57 Å². The molecule has 5 heteroatoms. The van der Waals surface area contributed by atoms with Crippen molar-refractivity contribution in [2.45, 2.75) is 32.4 Å². The van der Waals surface area contributed by atoms with Crippen molar-refractivity contribution >= 4 is 16.9 Å². The van der Waals surface area contributed by atoms with E-state index in [0.717, 1.165) is 39.9 Å². The fourth-order valence-corrected chi connectivity index (χ4v) is 3.79. The van der Waals surface area contributed by atoms with Gasteiger partial charge in [0, 0.05) is 30.1 Å². The summed E-state index contributed by atoms with van der Waals surface area (Å²) in [4.78, 5) is 10.7. The van der Waals surface area contributed by atoms with Crippen LogP contribution in [0.1, 0.15) is 28.7 Å². The summed E-state index contributed by atoms with van der Waals surface area (Å²) in [5.41, 5.74) is 5.44. The van der Waals surface area contributed by atoms with Crippen LogP contribution in [0.5, 0.6) is 5.75 Å². The van der Waals surface area contributed by atoms with Gasteiger partial charge in [0.25, 0.3) is 0 Å². The fraction of sp³-hybridized carbons (Fsp3) is 0.185. The van der Waals surface area contributed by atoms with Gasteiger partial charge >= 0.3 is 5.97 Å². The number of nitrogens with zero attached hydrogens (tertiary/aromatic N) is 2. The predicted molar refractivity (Wildman–Crippen MR) is 124 cm³/mol. The van der Waals surface area contributed by atoms with Gasteiger partial charge in [0.2, 0.25) is 0 Å². The Kier molecular flexibility index (Phi) is 6.52. The lowest BCUT2D eigenvalue weighted by molar-refractivity contribution is -0.136. The average Bonchev–Trinajstić information content (AvgIpc) is 3.15. The van der Waals surface area contributed by atoms with Gasteiger partial charge < -0.3 is 14.4 Å². The lowest BCUT2D eigenvalue weighted by Crippen LogP contribution is -2.00. The van der Waals surface area contributed by atoms with Gasteiger partial charge in [-0.15, -0.1) is 0 Å². The molecule has 32 heavy (non-hydrogen) atoms. The van der Waals surface area contributed by atoms with Crippen LogP contribution in [0.25, 0.3) is 10.9 Å². The van der Waals surface area contributed by atoms with Crippen LogP contribution >= 0.6 is 0 Å². The molecule has 1 N–H and O–H groups in total. The van der Waals surface area contributed by atoms with Gasteiger partial charge in [-0.3, -0.25) is 4.79 Å². The number of carboxylic acid groups (broad SMARTS) is 1. The van der Waals surface area contributed by atoms with Crippen molar-refractivity contribution in [2.75, 3.05) is 0 Å². The monoisotopic (exact) mass is 424 g/mol. The van der Waals surface area contributed by atoms with E-state index in [1.807, 2.05) is 36.4 Å². The summed E-state index contributed by atoms with van der Waals surface area (Å²) in [7, 11) is 0. The minimum atomic E-state index is -0.790. The number of para-hydroxylation sites is 1. The summed E-state index contributed by atoms with van der Waals surface area (Å²) in [6.07, 6.45) is 3.13. The molecule has 0 atom stereocenters. The Labute approximate surface area is 187 Å². The molecule has 0 spiro atoms. The molecule has 160 valence electrons. The number of nitriles is 1. The highest BCUT2D eigenvalue weighted by molar-refractivity contribution is 5.84. The largest absolute Gasteiger partial charge is 0.489 e. The van der Waals surface area contributed by atoms with E-state index in [1.54, 1.807) is 0 Å². The molecule has 1 heterocycles. The van der Waals surface area contributed by atoms with Gasteiger partial charge in [0.05, 0.1) is 12.5 Å². The highest BCUT2D eigenvalue weighted by Crippen LogP contribution is 2.23. The summed E-state index contributed by atoms with van der Waals surface area (Å²) in [5, 5.41) is 19.0. The number of hydrogen-bond donors (Lipinski definition) is 1. The third-order valence-corrected chi connectivity index (χ3v) is 5.47. The molecule has 0 aliphatic rings. The summed E-state index contributed by atoms with van der Waals surface area (Å²) < 4.78 is 8.06. The molecule has 4 aromatic rings. The van der Waals surface area contributed by atoms with Crippen LogP contribution in [0.3, 0.4) is 0 Å². The highest BCUT2D eigenvalue weighted by atomic mass is 16.5. The van der Waals surface area contributed by atoms with E-state index < -0.39 is 5.97 Å². The first-order valence-corrected chi connectivity index (χ1v) is 10.6. The maximum Gasteiger partial charge on any atom is 0.303 e. The first-order chi connectivity index (χ1) is 15.6. The predicted octanol–water partition coefficient (Wildman–Crippen LogP) is 5.35. The molecule has 0 bridgehead atoms. The van der Waals surface area contributed by atoms with Crippen LogP contribution in [-0.4, -0.2) is 15.6 Å². The van der Waals surface area contributed by atoms with Gasteiger partial charge in [-0.1, -0.05) is 54.6 Å². The van der Waals surface area contributed by atoms with Gasteiger partial charge in [0.15, 0.2) is 0 Å². The van der Waals surface area contributed by atoms with Gasteiger partial charge in [0.1, 0.15) is 12.4 Å². The Hall–Kier alpha value is -4.04. The SMILES string of the molecule is N#CCc1cn(Cc2ccc(COc3ccc(CCC(=O)O)cc3)cc2)c2ccccc12. The molecule has 0 saturated carbocycles. The van der Waals surface area contributed by atoms with E-state index in [2.05, 4.69) is 53.2 Å². The van der Waals surface area contributed by atoms with Crippen LogP contribution in [-0.2, 0) is 30.8 Å². The van der Waals surface area contributed by atoms with Gasteiger partial charge in [-0.2, -0.15) is 5.26 Å². The molecule has 4 rings (SSSR count). The van der Waals surface area contributed by atoms with Crippen LogP contribution in [0, 0.1) is 11.3 Å². The fourth-order valence-electron chi connectivity index (χ4n) is 3.79. The van der Waals surface area contributed by atoms with Crippen LogP contribution in [0.4, 0.5) is 0 Å². The van der Waals surface area contributed by atoms with Crippen LogP contribution < -0.4 is 4.74 Å². The maximum absolute atomic E-state index is 10.7. The Morgan fingerprint density at radius 1 is 0.938 bits per heavy atom. The molecule has 1 aromatic heterocycles. The molecule has 0 aliphatic heterocycles. The minimum absolute atomic E-state index is 0.130. The average molecular weight is 425 g/mol. The first-order valence-electron chi connectivity index (χ1n) is 10.6. The number of aromatic nitrogens is 1. The van der Waals surface area contributed by atoms with E-state index in [4.69, 9.17) is 15.1 Å². The zero-order chi connectivity index (χ0) is 22.3. The van der Waals surface area contributed by atoms with Crippen LogP contribution in [0.15, 0.2) is 79.0 Å². The van der Waals surface area contributed by atoms with Crippen molar-refractivity contribution in [3.05, 3.63) is 101 Å². The Morgan fingerprint density at radius 2 is 1.62 bits per heavy atom. The Bertz CT molecular complexity index is 1250. The second-order valence-corrected chi connectivity index (χ2v) is 7.78. The van der Waals surface area contributed by atoms with E-state index in [-0.39, 0.29) is 6.42 Å². The summed E-state index contributed by atoms with van der Waals surface area (Å²) in [5.74, 6) is -0.0293. The zero-order valence-corrected chi connectivity index (χ0v) is 17.7. The van der Waals surface area contributed by atoms with Gasteiger partial charge in [-0.05, 0) is 46.9 Å². The topological polar surface area (TPSA) is 75.2 Å². The number of fused-ring (bicyclic) bond motifs is 1. The second-order valence-electron chi connectivity index (χ2n) is 7.78. The number of hydrogen-bond acceptors (Lipinski definition) is 3. The maximum atomic E-state index is 10.7. The van der Waals surface area contributed by atoms with Crippen molar-refractivity contribution < 1.29 is 14.6 Å². The third-order valence-electron chi connectivity index (χ3n) is 5.47. The Balaban J connectivity index is 1.37. The number of benzene rings is 3. The molecule has 0 unspecified atom stereocenters. The van der Waals surface area contributed by atoms with E-state index in [1.165, 1.54) is 5.56 Å². The number of rotatable bonds is 9. The minimum Gasteiger partial charge on any atom is -0.489 e. The summed E-state index contributed by atoms with van der Waals surface area (Å²) in [6.45, 7) is 1.21. The highest BCUT2D eigenvalue weighted by Gasteiger charge is 2.08. The third kappa shape index (κ3) is 5.16. The molecule has 0 fully saturated rings. The van der Waals surface area contributed by atoms with E-state index >= 15 is 0 Å². The lowest BCUT2D eigenvalue weighted by Gasteiger charge is -2.09. The molecular weight excluding hydrogens is 400 g/mol. The van der Waals surface area contributed by atoms with Crippen molar-refractivity contribution in [3.8, 4) is 11.8 Å². The van der Waals surface area contributed by atoms with Crippen LogP contribution in [0.2, 0.25) is 0 Å². The van der Waals surface area contributed by atoms with E-state index in [9.17, 15) is 4.79 Å². The second kappa shape index (κ2) is 9.84. The number of aliphatic carboxylic acids is 1. The molecule has 3 aromatic carbocycles. The van der Waals surface area contributed by atoms with E-state index in [0.29, 0.717) is 19.4 Å². The van der Waals surface area contributed by atoms with Gasteiger partial charge in [-0.25, -0.2) is 0 Å². The number of ether oxygens (including phenoxy) is 1. The normalized spacial score (nSPS) is 10.7. The summed E-state index contributed by atoms with van der Waals surface area (Å²) >= 11 is 0. The zero-order valence-electron chi connectivity index (χ0n) is 17.7. The first kappa shape index (κ1) is 21.2. The molecule has 0 amide bonds. The number of aryl methyl sites for hydroxylation is 1. The molecule has 0 radical (unpaired) electrons. The van der Waals surface area contributed by atoms with Crippen molar-refractivity contribution in [2.24, 2.45) is 0 Å². The molecule has 0 aliphatic carbocycles. The Morgan fingerprint density at radius 3 is 2.34 bits per heavy atom. The number of carboxylic acids is 1. The smallest absolute Gasteiger partial charge is 0.303 e. The molecule has 0 saturated heterocycles. The number of carbonyl (C=O) groups is 1. The lowest BCUT2D eigenvalue weighted by atomic mass is 10.1. The molecule has 5 nitrogen and oxygen atoms in total. The van der Waals surface area contributed by atoms with Crippen molar-refractivity contribution in [3.63, 3.8) is 0 Å². The quantitative estimate of drug-likeness (QED) is 0.393. The standard InChI is InChI=1S/C27H24N2O3/c28-16-15-23-18-29(26-4-2-1-3-25(23)26)17-21-5-7-22(8-6-21)19-32-24-12-9-20(10-13-24)11-14-27(30)31/h1-10,12-13,18H,11,14-15,17,19H2,(H,30,31). The molecular formula is C27H24N2O3. The summed E-state index contributed by atoms with van der Waals surface area (Å²) in [6, 6.07) is 26.3.